The summed E-state index contributed by atoms with van der Waals surface area (Å²) in [6.07, 6.45) is 0. The van der Waals surface area contributed by atoms with E-state index in [1.54, 1.807) is 0 Å². The molecule has 1 unspecified atom stereocenters. The van der Waals surface area contributed by atoms with Crippen molar-refractivity contribution in [3.05, 3.63) is 0 Å². The van der Waals surface area contributed by atoms with Crippen molar-refractivity contribution in [3.63, 3.8) is 0 Å². The Morgan fingerprint density at radius 1 is 1.38 bits per heavy atom. The molecule has 0 aromatic heterocycles. The van der Waals surface area contributed by atoms with Crippen LogP contribution in [0.5, 0.6) is 0 Å². The molecule has 1 aliphatic heterocycles. The second-order valence-electron chi connectivity index (χ2n) is 2.53. The fourth-order valence-corrected chi connectivity index (χ4v) is 4.43. The first kappa shape index (κ1) is 6.30. The normalized spacial score (nSPS) is 32.6. The highest BCUT2D eigenvalue weighted by molar-refractivity contribution is 6.82. The van der Waals surface area contributed by atoms with Crippen LogP contribution in [0.3, 0.4) is 0 Å². The van der Waals surface area contributed by atoms with Crippen molar-refractivity contribution in [2.45, 2.75) is 38.6 Å². The quantitative estimate of drug-likeness (QED) is 0.411. The number of hydrogen-bond donors (Lipinski definition) is 0. The van der Waals surface area contributed by atoms with Gasteiger partial charge in [-0.1, -0.05) is 13.8 Å². The van der Waals surface area contributed by atoms with Crippen LogP contribution >= 0.6 is 0 Å². The molecule has 0 aromatic carbocycles. The van der Waals surface area contributed by atoms with Crippen LogP contribution in [0.1, 0.15) is 20.8 Å². The van der Waals surface area contributed by atoms with Gasteiger partial charge in [-0.15, -0.1) is 0 Å². The van der Waals surface area contributed by atoms with E-state index in [0.29, 0.717) is 5.73 Å². The molecule has 2 heteroatoms. The van der Waals surface area contributed by atoms with Crippen molar-refractivity contribution in [1.82, 2.24) is 0 Å². The molecular formula is C6H14OSi. The first-order valence-electron chi connectivity index (χ1n) is 3.43. The van der Waals surface area contributed by atoms with Crippen molar-refractivity contribution in [2.75, 3.05) is 0 Å². The molecule has 48 valence electrons. The van der Waals surface area contributed by atoms with E-state index in [4.69, 9.17) is 4.43 Å². The Hall–Kier alpha value is 0.177. The van der Waals surface area contributed by atoms with Gasteiger partial charge >= 0.3 is 0 Å². The van der Waals surface area contributed by atoms with E-state index in [0.717, 1.165) is 0 Å². The van der Waals surface area contributed by atoms with E-state index in [1.165, 1.54) is 12.1 Å². The molecule has 0 amide bonds. The third-order valence-corrected chi connectivity index (χ3v) is 6.88. The Bertz CT molecular complexity index is 83.0. The van der Waals surface area contributed by atoms with Gasteiger partial charge in [0, 0.05) is 0 Å². The highest BCUT2D eigenvalue weighted by Gasteiger charge is 2.52. The zero-order valence-corrected chi connectivity index (χ0v) is 6.90. The molecule has 0 aliphatic carbocycles. The van der Waals surface area contributed by atoms with Crippen LogP contribution in [0.25, 0.3) is 0 Å². The molecule has 0 spiro atoms. The van der Waals surface area contributed by atoms with Gasteiger partial charge in [0.2, 0.25) is 8.32 Å². The topological polar surface area (TPSA) is 12.5 Å². The molecule has 1 aliphatic rings. The average molecular weight is 130 g/mol. The van der Waals surface area contributed by atoms with E-state index >= 15 is 0 Å². The van der Waals surface area contributed by atoms with Crippen molar-refractivity contribution in [1.29, 1.82) is 0 Å². The van der Waals surface area contributed by atoms with Gasteiger partial charge in [0.15, 0.2) is 0 Å². The summed E-state index contributed by atoms with van der Waals surface area (Å²) < 4.78 is 5.54. The first-order valence-corrected chi connectivity index (χ1v) is 5.83. The molecule has 1 saturated heterocycles. The molecule has 1 nitrogen and oxygen atoms in total. The zero-order chi connectivity index (χ0) is 6.20. The maximum absolute atomic E-state index is 5.54. The Balaban J connectivity index is 2.39. The van der Waals surface area contributed by atoms with Gasteiger partial charge < -0.3 is 4.43 Å². The van der Waals surface area contributed by atoms with Gasteiger partial charge in [0.25, 0.3) is 0 Å². The summed E-state index contributed by atoms with van der Waals surface area (Å²) in [5.41, 5.74) is 0.664. The molecule has 1 atom stereocenters. The van der Waals surface area contributed by atoms with E-state index in [9.17, 15) is 0 Å². The van der Waals surface area contributed by atoms with Gasteiger partial charge in [-0.2, -0.15) is 0 Å². The largest absolute Gasteiger partial charge is 0.412 e. The fourth-order valence-electron chi connectivity index (χ4n) is 1.31. The standard InChI is InChI=1S/C6H14OSi/c1-4-8(5-2)6(3)7-8/h6H,4-5H2,1-3H3. The van der Waals surface area contributed by atoms with Crippen molar-refractivity contribution in [2.24, 2.45) is 0 Å². The summed E-state index contributed by atoms with van der Waals surface area (Å²) in [5.74, 6) is 0. The average Bonchev–Trinajstić information content (AvgIpc) is 2.43. The van der Waals surface area contributed by atoms with Crippen molar-refractivity contribution < 1.29 is 4.43 Å². The Morgan fingerprint density at radius 2 is 1.75 bits per heavy atom. The van der Waals surface area contributed by atoms with E-state index in [2.05, 4.69) is 20.8 Å². The minimum atomic E-state index is -1.00. The smallest absolute Gasteiger partial charge is 0.218 e. The maximum Gasteiger partial charge on any atom is 0.218 e. The second-order valence-corrected chi connectivity index (χ2v) is 7.12. The van der Waals surface area contributed by atoms with Gasteiger partial charge in [0.05, 0.1) is 5.73 Å². The molecule has 0 saturated carbocycles. The monoisotopic (exact) mass is 130 g/mol. The predicted molar refractivity (Wildman–Crippen MR) is 37.3 cm³/mol. The summed E-state index contributed by atoms with van der Waals surface area (Å²) in [6.45, 7) is 6.71. The summed E-state index contributed by atoms with van der Waals surface area (Å²) >= 11 is 0. The third-order valence-electron chi connectivity index (χ3n) is 2.29. The third kappa shape index (κ3) is 0.719. The lowest BCUT2D eigenvalue weighted by molar-refractivity contribution is 0.468. The van der Waals surface area contributed by atoms with Crippen LogP contribution in [0.2, 0.25) is 12.1 Å². The number of hydrogen-bond acceptors (Lipinski definition) is 1. The highest BCUT2D eigenvalue weighted by Crippen LogP contribution is 2.37. The van der Waals surface area contributed by atoms with Crippen LogP contribution in [-0.2, 0) is 4.43 Å². The molecular weight excluding hydrogens is 116 g/mol. The van der Waals surface area contributed by atoms with E-state index < -0.39 is 8.32 Å². The molecule has 1 rings (SSSR count). The predicted octanol–water partition coefficient (Wildman–Crippen LogP) is 1.93. The molecule has 1 fully saturated rings. The second kappa shape index (κ2) is 1.85. The Kier molecular flexibility index (Phi) is 1.45. The van der Waals surface area contributed by atoms with Crippen LogP contribution in [-0.4, -0.2) is 14.0 Å². The number of rotatable bonds is 2. The minimum Gasteiger partial charge on any atom is -0.412 e. The van der Waals surface area contributed by atoms with Gasteiger partial charge in [-0.25, -0.2) is 0 Å². The summed E-state index contributed by atoms with van der Waals surface area (Å²) in [4.78, 5) is 0. The molecule has 0 bridgehead atoms. The zero-order valence-electron chi connectivity index (χ0n) is 5.90. The fraction of sp³-hybridized carbons (Fsp3) is 1.00. The lowest BCUT2D eigenvalue weighted by Gasteiger charge is -1.98. The molecule has 0 N–H and O–H groups in total. The molecule has 8 heavy (non-hydrogen) atoms. The SMILES string of the molecule is CC[Si]1(CC)OC1C. The van der Waals surface area contributed by atoms with Gasteiger partial charge in [0.1, 0.15) is 0 Å². The molecule has 1 heterocycles. The van der Waals surface area contributed by atoms with Gasteiger partial charge in [-0.05, 0) is 19.0 Å². The van der Waals surface area contributed by atoms with Crippen molar-refractivity contribution in [3.8, 4) is 0 Å². The molecule has 0 radical (unpaired) electrons. The summed E-state index contributed by atoms with van der Waals surface area (Å²) in [5, 5.41) is 0. The first-order chi connectivity index (χ1) is 3.75. The molecule has 0 aromatic rings. The Labute approximate surface area is 52.2 Å². The van der Waals surface area contributed by atoms with Crippen LogP contribution < -0.4 is 0 Å². The lowest BCUT2D eigenvalue weighted by Crippen LogP contribution is -2.15. The Morgan fingerprint density at radius 3 is 1.75 bits per heavy atom. The highest BCUT2D eigenvalue weighted by atomic mass is 28.4. The minimum absolute atomic E-state index is 0.664. The van der Waals surface area contributed by atoms with Crippen molar-refractivity contribution >= 4 is 8.32 Å². The van der Waals surface area contributed by atoms with Crippen LogP contribution in [0.4, 0.5) is 0 Å². The maximum atomic E-state index is 5.54. The van der Waals surface area contributed by atoms with Gasteiger partial charge in [-0.3, -0.25) is 0 Å². The van der Waals surface area contributed by atoms with E-state index in [-0.39, 0.29) is 0 Å². The summed E-state index contributed by atoms with van der Waals surface area (Å²) in [6, 6.07) is 2.62. The summed E-state index contributed by atoms with van der Waals surface area (Å²) in [7, 11) is -1.00. The lowest BCUT2D eigenvalue weighted by atomic mass is 10.9. The van der Waals surface area contributed by atoms with E-state index in [1.807, 2.05) is 0 Å². The van der Waals surface area contributed by atoms with Crippen LogP contribution in [0.15, 0.2) is 0 Å². The van der Waals surface area contributed by atoms with Crippen LogP contribution in [0, 0.1) is 0 Å².